The van der Waals surface area contributed by atoms with E-state index in [9.17, 15) is 24.9 Å². The molecule has 3 saturated heterocycles. The molecule has 3 heterocycles. The van der Waals surface area contributed by atoms with Gasteiger partial charge in [0.15, 0.2) is 0 Å². The Bertz CT molecular complexity index is 2100. The summed E-state index contributed by atoms with van der Waals surface area (Å²) in [5.41, 5.74) is 8.79. The van der Waals surface area contributed by atoms with Crippen molar-refractivity contribution in [1.29, 1.82) is 0 Å². The smallest absolute Gasteiger partial charge is 0.326 e. The fraction of sp³-hybridized carbons (Fsp3) is 0.736. The van der Waals surface area contributed by atoms with Crippen LogP contribution in [0.4, 0.5) is 0 Å². The van der Waals surface area contributed by atoms with Gasteiger partial charge >= 0.3 is 5.97 Å². The lowest BCUT2D eigenvalue weighted by Gasteiger charge is -2.62. The molecule has 3 aliphatic heterocycles. The largest absolute Gasteiger partial charge is 0.495 e. The zero-order valence-corrected chi connectivity index (χ0v) is 49.3. The molecule has 4 bridgehead atoms. The number of fused-ring (bicyclic) bond motifs is 5. The fourth-order valence-electron chi connectivity index (χ4n) is 13.0. The number of esters is 1. The Morgan fingerprint density at radius 2 is 1.31 bits per heavy atom. The van der Waals surface area contributed by atoms with Crippen molar-refractivity contribution in [2.24, 2.45) is 63.9 Å². The average Bonchev–Trinajstić information content (AvgIpc) is 3.96. The third-order valence-corrected chi connectivity index (χ3v) is 19.0. The molecular formula is C53H83AlI2N4O10. The summed E-state index contributed by atoms with van der Waals surface area (Å²) < 4.78 is 18.3. The van der Waals surface area contributed by atoms with Gasteiger partial charge in [-0.1, -0.05) is 65.8 Å². The number of hydrogen-bond donors (Lipinski definition) is 5. The van der Waals surface area contributed by atoms with Crippen LogP contribution in [0.5, 0.6) is 11.5 Å². The van der Waals surface area contributed by atoms with E-state index in [1.165, 1.54) is 19.3 Å². The monoisotopic (exact) mass is 1220 g/mol. The number of aliphatic hydroxyl groups excluding tert-OH is 3. The highest BCUT2D eigenvalue weighted by molar-refractivity contribution is 14.1. The fourth-order valence-corrected chi connectivity index (χ4v) is 14.5. The molecule has 1 amide bonds. The van der Waals surface area contributed by atoms with Crippen molar-refractivity contribution in [2.45, 2.75) is 160 Å². The number of carbonyl (C=O) groups excluding carboxylic acids is 2. The standard InChI is InChI=1S/C25H37IN2O5.C15H18INO5.C10H19N.3CH3.Al/c1-13-17-9-16(25(17,3)4)10-19(13)27-24(31)22-21(14(2)30)20(12-29)33-28(22)11-15-7-6-8-18(26)23(15)32-5;1-8-12-11(7-18)22-17(13(12)15(19)21-8)6-9-4-3-5-10(16)14(9)20-2;1-6-8-4-7(5-9(6)11)10(8,2)3;;;;/h6-8,13-14,16-17,19-22,29-30H,9-12H2,1-5H3,(H,27,31);3-5,8,11-13,18H,6-7H2,1-2H3;6-9H,4-5,11H2,1-3H3;3*1H3;/t13-,14-,16+,17-,19-,20-,21+,22-;8-,11-,12+,13-;6-,7+,8-,9-;;;;/m000..../s1. The number of cyclic esters (lactones) is 1. The van der Waals surface area contributed by atoms with Crippen LogP contribution in [-0.4, -0.2) is 127 Å². The zero-order valence-electron chi connectivity index (χ0n) is 43.9. The Hall–Kier alpha value is -1.35. The molecule has 0 radical (unpaired) electrons. The lowest BCUT2D eigenvalue weighted by Crippen LogP contribution is -2.62. The molecule has 70 heavy (non-hydrogen) atoms. The molecule has 0 aromatic heterocycles. The average molecular weight is 1220 g/mol. The van der Waals surface area contributed by atoms with Gasteiger partial charge in [-0.2, -0.15) is 10.1 Å². The maximum Gasteiger partial charge on any atom is 0.326 e. The highest BCUT2D eigenvalue weighted by Gasteiger charge is 2.59. The van der Waals surface area contributed by atoms with Gasteiger partial charge in [-0.05, 0) is 143 Å². The van der Waals surface area contributed by atoms with Crippen LogP contribution in [0.1, 0.15) is 92.2 Å². The van der Waals surface area contributed by atoms with Gasteiger partial charge in [-0.25, -0.2) is 0 Å². The lowest BCUT2D eigenvalue weighted by molar-refractivity contribution is -0.195. The van der Waals surface area contributed by atoms with E-state index in [2.05, 4.69) is 109 Å². The second-order valence-electron chi connectivity index (χ2n) is 23.0. The first-order chi connectivity index (χ1) is 32.9. The van der Waals surface area contributed by atoms with Crippen LogP contribution in [0.3, 0.4) is 0 Å². The minimum absolute atomic E-state index is 0.117. The Morgan fingerprint density at radius 3 is 1.76 bits per heavy atom. The number of nitrogens with two attached hydrogens (primary N) is 1. The highest BCUT2D eigenvalue weighted by Crippen LogP contribution is 2.62. The van der Waals surface area contributed by atoms with E-state index < -0.39 is 36.3 Å². The van der Waals surface area contributed by atoms with E-state index in [4.69, 9.17) is 29.6 Å². The van der Waals surface area contributed by atoms with Crippen molar-refractivity contribution in [2.75, 3.05) is 27.4 Å². The summed E-state index contributed by atoms with van der Waals surface area (Å²) in [6.45, 7) is 17.9. The number of carbonyl (C=O) groups is 2. The third-order valence-electron chi connectivity index (χ3n) is 17.3. The number of para-hydroxylation sites is 2. The van der Waals surface area contributed by atoms with E-state index in [0.29, 0.717) is 47.7 Å². The van der Waals surface area contributed by atoms with Crippen molar-refractivity contribution in [3.05, 3.63) is 54.7 Å². The van der Waals surface area contributed by atoms with E-state index >= 15 is 0 Å². The normalized spacial score (nSPS) is 35.6. The van der Waals surface area contributed by atoms with E-state index in [1.54, 1.807) is 31.3 Å². The van der Waals surface area contributed by atoms with E-state index in [1.807, 2.05) is 43.3 Å². The molecule has 14 nitrogen and oxygen atoms in total. The maximum atomic E-state index is 13.7. The van der Waals surface area contributed by atoms with Crippen molar-refractivity contribution in [3.63, 3.8) is 0 Å². The van der Waals surface area contributed by atoms with Crippen molar-refractivity contribution >= 4 is 71.2 Å². The maximum absolute atomic E-state index is 13.7. The van der Waals surface area contributed by atoms with Crippen LogP contribution in [0, 0.1) is 65.3 Å². The summed E-state index contributed by atoms with van der Waals surface area (Å²) in [5.74, 6) is 11.6. The van der Waals surface area contributed by atoms with Gasteiger partial charge in [0.05, 0.1) is 59.7 Å². The Morgan fingerprint density at radius 1 is 0.829 bits per heavy atom. The van der Waals surface area contributed by atoms with Gasteiger partial charge in [0, 0.05) is 29.1 Å². The minimum atomic E-state index is -0.808. The second kappa shape index (κ2) is 24.1. The minimum Gasteiger partial charge on any atom is -0.495 e. The van der Waals surface area contributed by atoms with Crippen molar-refractivity contribution in [1.82, 2.24) is 15.4 Å². The number of hydrogen-bond acceptors (Lipinski definition) is 13. The number of halogens is 2. The Labute approximate surface area is 449 Å². The molecule has 0 spiro atoms. The van der Waals surface area contributed by atoms with Gasteiger partial charge in [-0.15, -0.1) is 17.4 Å². The summed E-state index contributed by atoms with van der Waals surface area (Å²) in [6.07, 6.45) is 2.82. The molecule has 6 saturated carbocycles. The molecule has 6 aliphatic carbocycles. The number of nitrogens with zero attached hydrogens (tertiary/aromatic N) is 2. The van der Waals surface area contributed by atoms with Crippen LogP contribution in [-0.2, 0) is 37.1 Å². The molecule has 9 aliphatic rings. The summed E-state index contributed by atoms with van der Waals surface area (Å²) in [6, 6.07) is 11.1. The number of methoxy groups -OCH3 is 2. The summed E-state index contributed by atoms with van der Waals surface area (Å²) in [7, 11) is 3.25. The number of ether oxygens (including phenoxy) is 3. The van der Waals surface area contributed by atoms with Gasteiger partial charge in [0.2, 0.25) is 5.91 Å². The predicted molar refractivity (Wildman–Crippen MR) is 290 cm³/mol. The lowest BCUT2D eigenvalue weighted by atomic mass is 9.45. The molecule has 2 aromatic carbocycles. The molecule has 17 heteroatoms. The Kier molecular flexibility index (Phi) is 19.9. The van der Waals surface area contributed by atoms with Crippen molar-refractivity contribution in [3.8, 4) is 11.5 Å². The van der Waals surface area contributed by atoms with Gasteiger partial charge in [0.25, 0.3) is 14.1 Å². The van der Waals surface area contributed by atoms with Crippen LogP contribution >= 0.6 is 45.2 Å². The molecule has 2 aromatic rings. The number of amides is 1. The van der Waals surface area contributed by atoms with Gasteiger partial charge < -0.3 is 40.6 Å². The first kappa shape index (κ1) is 57.9. The first-order valence-corrected chi connectivity index (χ1v) is 31.2. The van der Waals surface area contributed by atoms with Crippen LogP contribution in [0.15, 0.2) is 36.4 Å². The third kappa shape index (κ3) is 12.0. The molecule has 9 fully saturated rings. The van der Waals surface area contributed by atoms with Crippen LogP contribution in [0.2, 0.25) is 17.4 Å². The molecule has 0 unspecified atom stereocenters. The van der Waals surface area contributed by atoms with Gasteiger partial charge in [-0.3, -0.25) is 19.3 Å². The second-order valence-corrected chi connectivity index (χ2v) is 28.8. The van der Waals surface area contributed by atoms with Gasteiger partial charge in [0.1, 0.15) is 41.9 Å². The van der Waals surface area contributed by atoms with E-state index in [-0.39, 0.29) is 57.3 Å². The number of benzene rings is 2. The number of rotatable bonds is 11. The Balaban J connectivity index is 0.000000184. The molecule has 392 valence electrons. The molecule has 16 atom stereocenters. The van der Waals surface area contributed by atoms with Crippen LogP contribution < -0.4 is 20.5 Å². The molecule has 11 rings (SSSR count). The van der Waals surface area contributed by atoms with Crippen LogP contribution in [0.25, 0.3) is 0 Å². The summed E-state index contributed by atoms with van der Waals surface area (Å²) >= 11 is 4.29. The zero-order chi connectivity index (χ0) is 51.7. The summed E-state index contributed by atoms with van der Waals surface area (Å²) in [4.78, 5) is 37.6. The number of aliphatic hydroxyl groups is 3. The molecular weight excluding hydrogens is 1130 g/mol. The SMILES string of the molecule is COc1c(I)cccc1CN1O[C@@H](CO)[C@@H]([C@H](C)O)[C@H]1C(=O)N[C@H]1C[C@H]2C[C@@H]([C@@H]1C)C2(C)C.COc1c(I)cccc1CN1O[C@@H](CO)[C@H]2[C@H](C)OC(=O)[C@H]21.C[C@@H]1[C@@H](N)C[C@H]2C[C@@H]1C2(C)C.[CH3][Al]([CH3])[CH3]. The summed E-state index contributed by atoms with van der Waals surface area (Å²) in [5, 5.41) is 36.6. The number of hydroxylamine groups is 4. The predicted octanol–water partition coefficient (Wildman–Crippen LogP) is 7.68. The van der Waals surface area contributed by atoms with Crippen molar-refractivity contribution < 1.29 is 48.8 Å². The van der Waals surface area contributed by atoms with E-state index in [0.717, 1.165) is 53.9 Å². The quantitative estimate of drug-likeness (QED) is 0.0840. The topological polar surface area (TPSA) is 186 Å². The first-order valence-electron chi connectivity index (χ1n) is 25.6. The molecule has 6 N–H and O–H groups in total. The highest BCUT2D eigenvalue weighted by atomic mass is 127. The number of nitrogens with one attached hydrogen (secondary N) is 1.